The van der Waals surface area contributed by atoms with Gasteiger partial charge in [-0.2, -0.15) is 0 Å². The molecule has 0 aliphatic heterocycles. The molecule has 160 valence electrons. The molecule has 0 saturated carbocycles. The van der Waals surface area contributed by atoms with Crippen LogP contribution >= 0.6 is 0 Å². The van der Waals surface area contributed by atoms with Crippen LogP contribution in [0.1, 0.15) is 31.9 Å². The van der Waals surface area contributed by atoms with Crippen molar-refractivity contribution < 1.29 is 27.6 Å². The smallest absolute Gasteiger partial charge is 0.247 e. The third kappa shape index (κ3) is 6.33. The van der Waals surface area contributed by atoms with Crippen LogP contribution in [0.4, 0.5) is 18.9 Å². The molecule has 0 fully saturated rings. The number of carbonyl (C=O) groups is 3. The molecule has 9 heteroatoms. The van der Waals surface area contributed by atoms with Crippen molar-refractivity contribution in [1.29, 1.82) is 0 Å². The van der Waals surface area contributed by atoms with Crippen molar-refractivity contribution in [3.05, 3.63) is 65.5 Å². The summed E-state index contributed by atoms with van der Waals surface area (Å²) in [5.74, 6) is -6.40. The van der Waals surface area contributed by atoms with E-state index in [0.717, 1.165) is 6.07 Å². The van der Waals surface area contributed by atoms with Crippen molar-refractivity contribution >= 4 is 23.4 Å². The van der Waals surface area contributed by atoms with Gasteiger partial charge in [0.05, 0.1) is 12.2 Å². The van der Waals surface area contributed by atoms with Gasteiger partial charge in [-0.05, 0) is 23.6 Å². The lowest BCUT2D eigenvalue weighted by molar-refractivity contribution is -0.130. The maximum absolute atomic E-state index is 13.7. The zero-order valence-corrected chi connectivity index (χ0v) is 16.5. The molecule has 0 spiro atoms. The monoisotopic (exact) mass is 421 g/mol. The summed E-state index contributed by atoms with van der Waals surface area (Å²) < 4.78 is 39.9. The molecule has 3 amide bonds. The van der Waals surface area contributed by atoms with Crippen LogP contribution in [-0.2, 0) is 14.4 Å². The Morgan fingerprint density at radius 2 is 1.57 bits per heavy atom. The summed E-state index contributed by atoms with van der Waals surface area (Å²) in [6.45, 7) is 3.15. The van der Waals surface area contributed by atoms with Crippen LogP contribution in [-0.4, -0.2) is 24.3 Å². The molecule has 1 unspecified atom stereocenters. The molecule has 0 bridgehead atoms. The number of hydrogen-bond acceptors (Lipinski definition) is 3. The Bertz CT molecular complexity index is 920. The summed E-state index contributed by atoms with van der Waals surface area (Å²) in [4.78, 5) is 36.7. The van der Waals surface area contributed by atoms with Gasteiger partial charge in [-0.1, -0.05) is 44.2 Å². The Hall–Kier alpha value is -3.36. The third-order valence-corrected chi connectivity index (χ3v) is 4.03. The molecule has 2 aromatic carbocycles. The summed E-state index contributed by atoms with van der Waals surface area (Å²) in [5, 5.41) is 7.03. The van der Waals surface area contributed by atoms with E-state index in [0.29, 0.717) is 11.6 Å². The van der Waals surface area contributed by atoms with E-state index in [2.05, 4.69) is 16.0 Å². The average Bonchev–Trinajstić information content (AvgIpc) is 2.71. The van der Waals surface area contributed by atoms with E-state index in [1.807, 2.05) is 13.8 Å². The molecule has 6 nitrogen and oxygen atoms in total. The fourth-order valence-corrected chi connectivity index (χ4v) is 2.62. The maximum atomic E-state index is 13.7. The molecule has 0 saturated heterocycles. The molecule has 0 aromatic heterocycles. The van der Waals surface area contributed by atoms with E-state index >= 15 is 0 Å². The molecular weight excluding hydrogens is 399 g/mol. The van der Waals surface area contributed by atoms with Crippen molar-refractivity contribution in [2.45, 2.75) is 26.3 Å². The fourth-order valence-electron chi connectivity index (χ4n) is 2.62. The highest BCUT2D eigenvalue weighted by molar-refractivity contribution is 5.96. The minimum absolute atomic E-state index is 0.0845. The number of rotatable bonds is 8. The Labute approximate surface area is 171 Å². The fraction of sp³-hybridized carbons (Fsp3) is 0.286. The summed E-state index contributed by atoms with van der Waals surface area (Å²) in [5.41, 5.74) is -0.0443. The SMILES string of the molecule is CC(C)CC(=O)NC(C(=O)NCC(=O)Nc1ccc(F)c(F)c1F)c1ccccc1. The first kappa shape index (κ1) is 22.9. The van der Waals surface area contributed by atoms with Gasteiger partial charge in [-0.15, -0.1) is 0 Å². The van der Waals surface area contributed by atoms with Crippen LogP contribution in [0.3, 0.4) is 0 Å². The summed E-state index contributed by atoms with van der Waals surface area (Å²) in [7, 11) is 0. The number of nitrogens with one attached hydrogen (secondary N) is 3. The Balaban J connectivity index is 2.03. The van der Waals surface area contributed by atoms with E-state index in [9.17, 15) is 27.6 Å². The second-order valence-electron chi connectivity index (χ2n) is 7.00. The number of amides is 3. The first-order valence-electron chi connectivity index (χ1n) is 9.24. The van der Waals surface area contributed by atoms with Gasteiger partial charge in [0, 0.05) is 6.42 Å². The van der Waals surface area contributed by atoms with Gasteiger partial charge >= 0.3 is 0 Å². The lowest BCUT2D eigenvalue weighted by atomic mass is 10.0. The van der Waals surface area contributed by atoms with E-state index in [-0.39, 0.29) is 18.2 Å². The van der Waals surface area contributed by atoms with Crippen molar-refractivity contribution in [2.24, 2.45) is 5.92 Å². The molecule has 2 rings (SSSR count). The van der Waals surface area contributed by atoms with Gasteiger partial charge in [0.2, 0.25) is 17.7 Å². The Morgan fingerprint density at radius 3 is 2.20 bits per heavy atom. The molecule has 1 atom stereocenters. The van der Waals surface area contributed by atoms with E-state index in [4.69, 9.17) is 0 Å². The molecular formula is C21H22F3N3O3. The van der Waals surface area contributed by atoms with Gasteiger partial charge in [0.1, 0.15) is 6.04 Å². The normalized spacial score (nSPS) is 11.7. The molecule has 0 radical (unpaired) electrons. The summed E-state index contributed by atoms with van der Waals surface area (Å²) in [6.07, 6.45) is 0.215. The van der Waals surface area contributed by atoms with Gasteiger partial charge < -0.3 is 16.0 Å². The van der Waals surface area contributed by atoms with E-state index in [1.54, 1.807) is 30.3 Å². The minimum Gasteiger partial charge on any atom is -0.345 e. The van der Waals surface area contributed by atoms with Gasteiger partial charge in [0.15, 0.2) is 17.5 Å². The lowest BCUT2D eigenvalue weighted by Gasteiger charge is -2.19. The van der Waals surface area contributed by atoms with Gasteiger partial charge in [-0.25, -0.2) is 13.2 Å². The quantitative estimate of drug-likeness (QED) is 0.573. The number of benzene rings is 2. The van der Waals surface area contributed by atoms with E-state index in [1.165, 1.54) is 0 Å². The molecule has 0 heterocycles. The van der Waals surface area contributed by atoms with Crippen LogP contribution in [0.5, 0.6) is 0 Å². The van der Waals surface area contributed by atoms with Crippen LogP contribution in [0, 0.1) is 23.4 Å². The van der Waals surface area contributed by atoms with E-state index < -0.39 is 47.5 Å². The maximum Gasteiger partial charge on any atom is 0.247 e. The number of anilines is 1. The van der Waals surface area contributed by atoms with Crippen LogP contribution in [0.15, 0.2) is 42.5 Å². The zero-order valence-electron chi connectivity index (χ0n) is 16.5. The summed E-state index contributed by atoms with van der Waals surface area (Å²) in [6, 6.07) is 8.94. The molecule has 0 aliphatic carbocycles. The molecule has 30 heavy (non-hydrogen) atoms. The molecule has 2 aromatic rings. The van der Waals surface area contributed by atoms with Crippen molar-refractivity contribution in [1.82, 2.24) is 10.6 Å². The third-order valence-electron chi connectivity index (χ3n) is 4.03. The first-order valence-corrected chi connectivity index (χ1v) is 9.24. The Kier molecular flexibility index (Phi) is 7.97. The zero-order chi connectivity index (χ0) is 22.3. The second-order valence-corrected chi connectivity index (χ2v) is 7.00. The molecule has 0 aliphatic rings. The highest BCUT2D eigenvalue weighted by atomic mass is 19.2. The van der Waals surface area contributed by atoms with Crippen LogP contribution in [0.2, 0.25) is 0 Å². The highest BCUT2D eigenvalue weighted by Crippen LogP contribution is 2.19. The second kappa shape index (κ2) is 10.4. The summed E-state index contributed by atoms with van der Waals surface area (Å²) >= 11 is 0. The number of carbonyl (C=O) groups excluding carboxylic acids is 3. The largest absolute Gasteiger partial charge is 0.345 e. The number of hydrogen-bond donors (Lipinski definition) is 3. The predicted molar refractivity (Wildman–Crippen MR) is 105 cm³/mol. The van der Waals surface area contributed by atoms with Gasteiger partial charge in [0.25, 0.3) is 0 Å². The standard InChI is InChI=1S/C21H22F3N3O3/c1-12(2)10-16(28)27-20(13-6-4-3-5-7-13)21(30)25-11-17(29)26-15-9-8-14(22)18(23)19(15)24/h3-9,12,20H,10-11H2,1-2H3,(H,25,30)(H,26,29)(H,27,28). The van der Waals surface area contributed by atoms with Gasteiger partial charge in [-0.3, -0.25) is 14.4 Å². The Morgan fingerprint density at radius 1 is 0.900 bits per heavy atom. The van der Waals surface area contributed by atoms with Crippen molar-refractivity contribution in [2.75, 3.05) is 11.9 Å². The average molecular weight is 421 g/mol. The topological polar surface area (TPSA) is 87.3 Å². The molecule has 3 N–H and O–H groups in total. The lowest BCUT2D eigenvalue weighted by Crippen LogP contribution is -2.43. The van der Waals surface area contributed by atoms with Crippen molar-refractivity contribution in [3.8, 4) is 0 Å². The predicted octanol–water partition coefficient (Wildman–Crippen LogP) is 3.06. The minimum atomic E-state index is -1.71. The van der Waals surface area contributed by atoms with Crippen molar-refractivity contribution in [3.63, 3.8) is 0 Å². The van der Waals surface area contributed by atoms with Crippen LogP contribution in [0.25, 0.3) is 0 Å². The van der Waals surface area contributed by atoms with Crippen LogP contribution < -0.4 is 16.0 Å². The number of halogens is 3. The highest BCUT2D eigenvalue weighted by Gasteiger charge is 2.23. The first-order chi connectivity index (χ1) is 14.2.